The molecule has 2 rings (SSSR count). The SMILES string of the molecule is C#Cc1ccc2oc(CN)cc(=O)c2c1. The molecule has 3 heteroatoms. The van der Waals surface area contributed by atoms with Crippen LogP contribution in [0.2, 0.25) is 0 Å². The standard InChI is InChI=1S/C12H9NO2/c1-2-8-3-4-12-10(5-8)11(14)6-9(7-13)15-12/h1,3-6H,7,13H2. The maximum Gasteiger partial charge on any atom is 0.193 e. The molecule has 2 aromatic rings. The van der Waals surface area contributed by atoms with Crippen LogP contribution in [-0.2, 0) is 6.54 Å². The monoisotopic (exact) mass is 199 g/mol. The average molecular weight is 199 g/mol. The van der Waals surface area contributed by atoms with E-state index < -0.39 is 0 Å². The van der Waals surface area contributed by atoms with Crippen molar-refractivity contribution in [1.82, 2.24) is 0 Å². The van der Waals surface area contributed by atoms with Gasteiger partial charge >= 0.3 is 0 Å². The molecule has 1 aromatic heterocycles. The van der Waals surface area contributed by atoms with E-state index in [0.717, 1.165) is 0 Å². The van der Waals surface area contributed by atoms with Crippen molar-refractivity contribution in [3.05, 3.63) is 45.8 Å². The van der Waals surface area contributed by atoms with E-state index in [1.165, 1.54) is 6.07 Å². The van der Waals surface area contributed by atoms with E-state index in [-0.39, 0.29) is 12.0 Å². The topological polar surface area (TPSA) is 56.2 Å². The van der Waals surface area contributed by atoms with E-state index >= 15 is 0 Å². The first-order valence-corrected chi connectivity index (χ1v) is 4.48. The molecule has 0 amide bonds. The third kappa shape index (κ3) is 1.63. The van der Waals surface area contributed by atoms with Crippen LogP contribution in [0.15, 0.2) is 33.5 Å². The van der Waals surface area contributed by atoms with Gasteiger partial charge in [0.1, 0.15) is 11.3 Å². The fourth-order valence-corrected chi connectivity index (χ4v) is 1.40. The minimum absolute atomic E-state index is 0.117. The van der Waals surface area contributed by atoms with Gasteiger partial charge in [0.15, 0.2) is 5.43 Å². The molecule has 0 unspecified atom stereocenters. The summed E-state index contributed by atoms with van der Waals surface area (Å²) in [7, 11) is 0. The Hall–Kier alpha value is -2.05. The summed E-state index contributed by atoms with van der Waals surface area (Å²) < 4.78 is 5.40. The highest BCUT2D eigenvalue weighted by atomic mass is 16.3. The van der Waals surface area contributed by atoms with Crippen molar-refractivity contribution in [3.63, 3.8) is 0 Å². The first kappa shape index (κ1) is 9.50. The van der Waals surface area contributed by atoms with E-state index in [0.29, 0.717) is 22.3 Å². The van der Waals surface area contributed by atoms with Crippen molar-refractivity contribution < 1.29 is 4.42 Å². The van der Waals surface area contributed by atoms with Gasteiger partial charge < -0.3 is 10.2 Å². The lowest BCUT2D eigenvalue weighted by Crippen LogP contribution is -2.05. The molecule has 0 aliphatic rings. The van der Waals surface area contributed by atoms with Gasteiger partial charge in [-0.1, -0.05) is 5.92 Å². The zero-order valence-electron chi connectivity index (χ0n) is 7.99. The van der Waals surface area contributed by atoms with Crippen molar-refractivity contribution in [2.24, 2.45) is 5.73 Å². The first-order valence-electron chi connectivity index (χ1n) is 4.48. The molecule has 1 aromatic carbocycles. The molecule has 0 atom stereocenters. The maximum absolute atomic E-state index is 11.6. The minimum Gasteiger partial charge on any atom is -0.459 e. The summed E-state index contributed by atoms with van der Waals surface area (Å²) in [6.07, 6.45) is 5.24. The molecule has 2 N–H and O–H groups in total. The fraction of sp³-hybridized carbons (Fsp3) is 0.0833. The van der Waals surface area contributed by atoms with E-state index in [1.54, 1.807) is 18.2 Å². The summed E-state index contributed by atoms with van der Waals surface area (Å²) >= 11 is 0. The lowest BCUT2D eigenvalue weighted by Gasteiger charge is -2.00. The Balaban J connectivity index is 2.81. The van der Waals surface area contributed by atoms with E-state index in [2.05, 4.69) is 5.92 Å². The van der Waals surface area contributed by atoms with Gasteiger partial charge in [-0.3, -0.25) is 4.79 Å². The molecule has 0 fully saturated rings. The number of rotatable bonds is 1. The second kappa shape index (κ2) is 3.60. The second-order valence-electron chi connectivity index (χ2n) is 3.14. The van der Waals surface area contributed by atoms with Gasteiger partial charge in [0.05, 0.1) is 11.9 Å². The smallest absolute Gasteiger partial charge is 0.193 e. The molecule has 0 saturated carbocycles. The number of terminal acetylenes is 1. The molecule has 0 saturated heterocycles. The molecule has 1 heterocycles. The number of benzene rings is 1. The van der Waals surface area contributed by atoms with Gasteiger partial charge in [-0.25, -0.2) is 0 Å². The predicted octanol–water partition coefficient (Wildman–Crippen LogP) is 1.23. The van der Waals surface area contributed by atoms with Crippen molar-refractivity contribution in [2.45, 2.75) is 6.54 Å². The van der Waals surface area contributed by atoms with Crippen LogP contribution in [-0.4, -0.2) is 0 Å². The first-order chi connectivity index (χ1) is 7.24. The molecule has 0 bridgehead atoms. The average Bonchev–Trinajstić information content (AvgIpc) is 2.28. The van der Waals surface area contributed by atoms with Crippen LogP contribution in [0.25, 0.3) is 11.0 Å². The summed E-state index contributed by atoms with van der Waals surface area (Å²) in [6, 6.07) is 6.45. The van der Waals surface area contributed by atoms with E-state index in [4.69, 9.17) is 16.6 Å². The Morgan fingerprint density at radius 1 is 1.40 bits per heavy atom. The summed E-state index contributed by atoms with van der Waals surface area (Å²) in [5.74, 6) is 2.94. The predicted molar refractivity (Wildman–Crippen MR) is 58.3 cm³/mol. The molecule has 0 spiro atoms. The zero-order chi connectivity index (χ0) is 10.8. The number of hydrogen-bond donors (Lipinski definition) is 1. The third-order valence-corrected chi connectivity index (χ3v) is 2.15. The van der Waals surface area contributed by atoms with Gasteiger partial charge in [-0.15, -0.1) is 6.42 Å². The highest BCUT2D eigenvalue weighted by Gasteiger charge is 2.03. The second-order valence-corrected chi connectivity index (χ2v) is 3.14. The highest BCUT2D eigenvalue weighted by molar-refractivity contribution is 5.78. The molecular formula is C12H9NO2. The van der Waals surface area contributed by atoms with Crippen LogP contribution in [0.5, 0.6) is 0 Å². The van der Waals surface area contributed by atoms with Gasteiger partial charge in [0.25, 0.3) is 0 Å². The lowest BCUT2D eigenvalue weighted by atomic mass is 10.1. The van der Waals surface area contributed by atoms with E-state index in [9.17, 15) is 4.79 Å². The van der Waals surface area contributed by atoms with E-state index in [1.807, 2.05) is 0 Å². The molecule has 0 aliphatic heterocycles. The van der Waals surface area contributed by atoms with Gasteiger partial charge in [-0.2, -0.15) is 0 Å². The normalized spacial score (nSPS) is 10.1. The Morgan fingerprint density at radius 3 is 2.87 bits per heavy atom. The third-order valence-electron chi connectivity index (χ3n) is 2.15. The molecule has 0 aliphatic carbocycles. The van der Waals surface area contributed by atoms with Crippen LogP contribution in [0.1, 0.15) is 11.3 Å². The fourth-order valence-electron chi connectivity index (χ4n) is 1.40. The summed E-state index contributed by atoms with van der Waals surface area (Å²) in [5.41, 5.74) is 6.46. The highest BCUT2D eigenvalue weighted by Crippen LogP contribution is 2.13. The number of nitrogens with two attached hydrogens (primary N) is 1. The van der Waals surface area contributed by atoms with Gasteiger partial charge in [0, 0.05) is 11.6 Å². The van der Waals surface area contributed by atoms with Crippen LogP contribution in [0.3, 0.4) is 0 Å². The molecule has 15 heavy (non-hydrogen) atoms. The van der Waals surface area contributed by atoms with Crippen LogP contribution in [0, 0.1) is 12.3 Å². The lowest BCUT2D eigenvalue weighted by molar-refractivity contribution is 0.539. The molecular weight excluding hydrogens is 190 g/mol. The zero-order valence-corrected chi connectivity index (χ0v) is 7.99. The van der Waals surface area contributed by atoms with Crippen LogP contribution >= 0.6 is 0 Å². The number of hydrogen-bond acceptors (Lipinski definition) is 3. The largest absolute Gasteiger partial charge is 0.459 e. The van der Waals surface area contributed by atoms with Crippen molar-refractivity contribution >= 4 is 11.0 Å². The Morgan fingerprint density at radius 2 is 2.20 bits per heavy atom. The van der Waals surface area contributed by atoms with Gasteiger partial charge in [-0.05, 0) is 18.2 Å². The summed E-state index contributed by atoms with van der Waals surface area (Å²) in [5, 5.41) is 0.489. The van der Waals surface area contributed by atoms with Gasteiger partial charge in [0.2, 0.25) is 0 Å². The van der Waals surface area contributed by atoms with Crippen LogP contribution in [0.4, 0.5) is 0 Å². The van der Waals surface area contributed by atoms with Crippen LogP contribution < -0.4 is 11.2 Å². The quantitative estimate of drug-likeness (QED) is 0.703. The molecule has 3 nitrogen and oxygen atoms in total. The number of fused-ring (bicyclic) bond motifs is 1. The van der Waals surface area contributed by atoms with Crippen molar-refractivity contribution in [3.8, 4) is 12.3 Å². The Bertz CT molecular complexity index is 605. The Labute approximate surface area is 86.5 Å². The Kier molecular flexibility index (Phi) is 2.28. The summed E-state index contributed by atoms with van der Waals surface area (Å²) in [4.78, 5) is 11.6. The molecule has 0 radical (unpaired) electrons. The summed E-state index contributed by atoms with van der Waals surface area (Å²) in [6.45, 7) is 0.210. The maximum atomic E-state index is 11.6. The minimum atomic E-state index is -0.117. The van der Waals surface area contributed by atoms with Crippen molar-refractivity contribution in [2.75, 3.05) is 0 Å². The molecule has 74 valence electrons. The van der Waals surface area contributed by atoms with Crippen molar-refractivity contribution in [1.29, 1.82) is 0 Å².